The molecule has 0 spiro atoms. The molecule has 9 heteroatoms. The molecule has 0 saturated heterocycles. The summed E-state index contributed by atoms with van der Waals surface area (Å²) in [5.74, 6) is -1.10. The topological polar surface area (TPSA) is 91.5 Å². The molecule has 1 aliphatic carbocycles. The van der Waals surface area contributed by atoms with Gasteiger partial charge in [0, 0.05) is 24.8 Å². The highest BCUT2D eigenvalue weighted by Gasteiger charge is 2.23. The van der Waals surface area contributed by atoms with Gasteiger partial charge in [0.05, 0.1) is 12.3 Å². The predicted octanol–water partition coefficient (Wildman–Crippen LogP) is 2.65. The summed E-state index contributed by atoms with van der Waals surface area (Å²) >= 11 is 0. The smallest absolute Gasteiger partial charge is 0.256 e. The maximum atomic E-state index is 13.3. The third-order valence-electron chi connectivity index (χ3n) is 5.04. The zero-order valence-corrected chi connectivity index (χ0v) is 15.6. The van der Waals surface area contributed by atoms with Crippen LogP contribution in [0.15, 0.2) is 36.7 Å². The Balaban J connectivity index is 1.47. The van der Waals surface area contributed by atoms with Crippen molar-refractivity contribution in [2.45, 2.75) is 44.4 Å². The first-order valence-electron chi connectivity index (χ1n) is 9.50. The minimum atomic E-state index is -0.643. The molecular weight excluding hydrogens is 380 g/mol. The zero-order valence-electron chi connectivity index (χ0n) is 15.6. The van der Waals surface area contributed by atoms with E-state index in [-0.39, 0.29) is 24.6 Å². The van der Waals surface area contributed by atoms with E-state index >= 15 is 0 Å². The summed E-state index contributed by atoms with van der Waals surface area (Å²) in [6.45, 7) is 0.178. The van der Waals surface area contributed by atoms with Crippen LogP contribution in [0.3, 0.4) is 0 Å². The van der Waals surface area contributed by atoms with Crippen LogP contribution >= 0.6 is 0 Å². The molecule has 0 radical (unpaired) electrons. The number of fused-ring (bicyclic) bond motifs is 1. The lowest BCUT2D eigenvalue weighted by Crippen LogP contribution is -2.38. The molecule has 2 aromatic heterocycles. The SMILES string of the molecule is O=C(NC1CCC(O)CC1)c1cnn2ccc(NCc3cc(F)cc(F)c3)nc12. The largest absolute Gasteiger partial charge is 0.393 e. The molecule has 7 nitrogen and oxygen atoms in total. The van der Waals surface area contributed by atoms with Crippen molar-refractivity contribution in [1.29, 1.82) is 0 Å². The monoisotopic (exact) mass is 401 g/mol. The van der Waals surface area contributed by atoms with E-state index < -0.39 is 11.6 Å². The molecule has 4 rings (SSSR count). The summed E-state index contributed by atoms with van der Waals surface area (Å²) in [5, 5.41) is 19.7. The number of aliphatic hydroxyl groups excluding tert-OH is 1. The summed E-state index contributed by atoms with van der Waals surface area (Å²) in [6, 6.07) is 4.99. The summed E-state index contributed by atoms with van der Waals surface area (Å²) in [5.41, 5.74) is 1.17. The van der Waals surface area contributed by atoms with Crippen LogP contribution in [0.4, 0.5) is 14.6 Å². The number of nitrogens with one attached hydrogen (secondary N) is 2. The average Bonchev–Trinajstić information content (AvgIpc) is 3.11. The lowest BCUT2D eigenvalue weighted by molar-refractivity contribution is 0.0869. The number of aromatic nitrogens is 3. The molecule has 1 saturated carbocycles. The number of carbonyl (C=O) groups excluding carboxylic acids is 1. The number of halogens is 2. The third-order valence-corrected chi connectivity index (χ3v) is 5.04. The van der Waals surface area contributed by atoms with Crippen molar-refractivity contribution in [3.05, 3.63) is 59.4 Å². The van der Waals surface area contributed by atoms with Gasteiger partial charge in [-0.1, -0.05) is 0 Å². The van der Waals surface area contributed by atoms with Crippen LogP contribution in [-0.2, 0) is 6.54 Å². The van der Waals surface area contributed by atoms with Crippen molar-refractivity contribution >= 4 is 17.4 Å². The molecule has 0 atom stereocenters. The molecule has 1 aliphatic rings. The fourth-order valence-corrected chi connectivity index (χ4v) is 3.52. The van der Waals surface area contributed by atoms with Gasteiger partial charge in [0.2, 0.25) is 0 Å². The lowest BCUT2D eigenvalue weighted by Gasteiger charge is -2.25. The van der Waals surface area contributed by atoms with Gasteiger partial charge in [-0.2, -0.15) is 5.10 Å². The maximum absolute atomic E-state index is 13.3. The van der Waals surface area contributed by atoms with Crippen molar-refractivity contribution in [2.75, 3.05) is 5.32 Å². The Morgan fingerprint density at radius 3 is 2.62 bits per heavy atom. The number of aliphatic hydroxyl groups is 1. The Labute approximate surface area is 165 Å². The predicted molar refractivity (Wildman–Crippen MR) is 102 cm³/mol. The van der Waals surface area contributed by atoms with Crippen molar-refractivity contribution in [1.82, 2.24) is 19.9 Å². The lowest BCUT2D eigenvalue weighted by atomic mass is 9.93. The van der Waals surface area contributed by atoms with Gasteiger partial charge in [-0.25, -0.2) is 18.3 Å². The molecule has 3 N–H and O–H groups in total. The highest BCUT2D eigenvalue weighted by molar-refractivity contribution is 5.99. The van der Waals surface area contributed by atoms with E-state index in [2.05, 4.69) is 20.7 Å². The van der Waals surface area contributed by atoms with Gasteiger partial charge in [-0.3, -0.25) is 4.79 Å². The molecule has 2 heterocycles. The Kier molecular flexibility index (Phi) is 5.39. The Morgan fingerprint density at radius 2 is 1.90 bits per heavy atom. The van der Waals surface area contributed by atoms with Crippen LogP contribution in [0.25, 0.3) is 5.65 Å². The highest BCUT2D eigenvalue weighted by atomic mass is 19.1. The number of rotatable bonds is 5. The second-order valence-corrected chi connectivity index (χ2v) is 7.25. The van der Waals surface area contributed by atoms with Crippen molar-refractivity contribution < 1.29 is 18.7 Å². The number of hydrogen-bond acceptors (Lipinski definition) is 5. The molecule has 29 heavy (non-hydrogen) atoms. The minimum Gasteiger partial charge on any atom is -0.393 e. The molecule has 1 fully saturated rings. The van der Waals surface area contributed by atoms with Gasteiger partial charge in [0.1, 0.15) is 23.0 Å². The highest BCUT2D eigenvalue weighted by Crippen LogP contribution is 2.20. The van der Waals surface area contributed by atoms with Crippen LogP contribution in [0.5, 0.6) is 0 Å². The van der Waals surface area contributed by atoms with Crippen LogP contribution in [0.2, 0.25) is 0 Å². The van der Waals surface area contributed by atoms with Gasteiger partial charge in [-0.15, -0.1) is 0 Å². The van der Waals surface area contributed by atoms with E-state index in [1.165, 1.54) is 22.8 Å². The summed E-state index contributed by atoms with van der Waals surface area (Å²) < 4.78 is 28.1. The van der Waals surface area contributed by atoms with Crippen molar-refractivity contribution in [3.8, 4) is 0 Å². The molecule has 1 aromatic carbocycles. The van der Waals surface area contributed by atoms with Crippen LogP contribution in [-0.4, -0.2) is 37.8 Å². The van der Waals surface area contributed by atoms with Gasteiger partial charge < -0.3 is 15.7 Å². The van der Waals surface area contributed by atoms with E-state index in [9.17, 15) is 18.7 Å². The van der Waals surface area contributed by atoms with Gasteiger partial charge in [0.15, 0.2) is 5.65 Å². The number of nitrogens with zero attached hydrogens (tertiary/aromatic N) is 3. The standard InChI is InChI=1S/C20H21F2N5O2/c21-13-7-12(8-14(22)9-13)10-23-18-5-6-27-19(26-18)17(11-24-27)20(29)25-15-1-3-16(28)4-2-15/h5-9,11,15-16,28H,1-4,10H2,(H,23,26)(H,25,29). The van der Waals surface area contributed by atoms with Gasteiger partial charge in [-0.05, 0) is 49.4 Å². The summed E-state index contributed by atoms with van der Waals surface area (Å²) in [7, 11) is 0. The quantitative estimate of drug-likeness (QED) is 0.611. The second-order valence-electron chi connectivity index (χ2n) is 7.25. The Hall–Kier alpha value is -3.07. The number of amides is 1. The van der Waals surface area contributed by atoms with Crippen LogP contribution < -0.4 is 10.6 Å². The molecule has 0 aliphatic heterocycles. The van der Waals surface area contributed by atoms with E-state index in [0.717, 1.165) is 18.9 Å². The third kappa shape index (κ3) is 4.51. The fraction of sp³-hybridized carbons (Fsp3) is 0.350. The number of benzene rings is 1. The first-order chi connectivity index (χ1) is 14.0. The molecule has 0 unspecified atom stereocenters. The molecule has 152 valence electrons. The molecule has 0 bridgehead atoms. The normalized spacial score (nSPS) is 19.3. The molecular formula is C20H21F2N5O2. The van der Waals surface area contributed by atoms with E-state index in [1.54, 1.807) is 12.3 Å². The number of anilines is 1. The van der Waals surface area contributed by atoms with Crippen LogP contribution in [0, 0.1) is 11.6 Å². The van der Waals surface area contributed by atoms with Crippen molar-refractivity contribution in [2.24, 2.45) is 0 Å². The van der Waals surface area contributed by atoms with E-state index in [1.807, 2.05) is 0 Å². The average molecular weight is 401 g/mol. The first kappa shape index (κ1) is 19.3. The summed E-state index contributed by atoms with van der Waals surface area (Å²) in [4.78, 5) is 17.1. The fourth-order valence-electron chi connectivity index (χ4n) is 3.52. The Bertz CT molecular complexity index is 1010. The van der Waals surface area contributed by atoms with Crippen LogP contribution in [0.1, 0.15) is 41.6 Å². The minimum absolute atomic E-state index is 0.0185. The number of hydrogen-bond donors (Lipinski definition) is 3. The summed E-state index contributed by atoms with van der Waals surface area (Å²) in [6.07, 6.45) is 5.64. The van der Waals surface area contributed by atoms with Gasteiger partial charge in [0.25, 0.3) is 5.91 Å². The second kappa shape index (κ2) is 8.12. The zero-order chi connectivity index (χ0) is 20.4. The van der Waals surface area contributed by atoms with Gasteiger partial charge >= 0.3 is 0 Å². The maximum Gasteiger partial charge on any atom is 0.256 e. The van der Waals surface area contributed by atoms with E-state index in [0.29, 0.717) is 35.4 Å². The van der Waals surface area contributed by atoms with E-state index in [4.69, 9.17) is 0 Å². The first-order valence-corrected chi connectivity index (χ1v) is 9.50. The molecule has 3 aromatic rings. The Morgan fingerprint density at radius 1 is 1.17 bits per heavy atom. The molecule has 1 amide bonds. The number of carbonyl (C=O) groups is 1. The van der Waals surface area contributed by atoms with Crippen molar-refractivity contribution in [3.63, 3.8) is 0 Å².